The molecule has 2 aromatic carbocycles. The Bertz CT molecular complexity index is 966. The van der Waals surface area contributed by atoms with Crippen LogP contribution >= 0.6 is 11.8 Å². The van der Waals surface area contributed by atoms with Gasteiger partial charge in [-0.05, 0) is 54.9 Å². The van der Waals surface area contributed by atoms with Crippen molar-refractivity contribution in [1.29, 1.82) is 0 Å². The van der Waals surface area contributed by atoms with Crippen LogP contribution in [0.15, 0.2) is 53.4 Å². The lowest BCUT2D eigenvalue weighted by Gasteiger charge is -2.23. The molecule has 2 amide bonds. The van der Waals surface area contributed by atoms with Gasteiger partial charge in [0.25, 0.3) is 11.1 Å². The van der Waals surface area contributed by atoms with E-state index in [1.165, 1.54) is 7.11 Å². The summed E-state index contributed by atoms with van der Waals surface area (Å²) in [5.74, 6) is -0.265. The molecule has 0 aliphatic carbocycles. The van der Waals surface area contributed by atoms with Crippen molar-refractivity contribution in [2.75, 3.05) is 7.11 Å². The van der Waals surface area contributed by atoms with Crippen molar-refractivity contribution in [2.24, 2.45) is 0 Å². The van der Waals surface area contributed by atoms with Crippen molar-refractivity contribution >= 4 is 35.0 Å². The van der Waals surface area contributed by atoms with Crippen LogP contribution in [0.1, 0.15) is 25.0 Å². The van der Waals surface area contributed by atoms with Gasteiger partial charge in [0, 0.05) is 0 Å². The van der Waals surface area contributed by atoms with E-state index in [1.807, 2.05) is 30.3 Å². The van der Waals surface area contributed by atoms with E-state index < -0.39 is 22.5 Å². The first-order chi connectivity index (χ1) is 13.3. The fraction of sp³-hybridized carbons (Fsp3) is 0.190. The van der Waals surface area contributed by atoms with Gasteiger partial charge in [-0.25, -0.2) is 0 Å². The summed E-state index contributed by atoms with van der Waals surface area (Å²) in [5, 5.41) is 1.79. The van der Waals surface area contributed by atoms with Crippen molar-refractivity contribution in [3.8, 4) is 11.5 Å². The second-order valence-corrected chi connectivity index (χ2v) is 7.66. The number of amides is 2. The van der Waals surface area contributed by atoms with Crippen LogP contribution in [0.3, 0.4) is 0 Å². The van der Waals surface area contributed by atoms with Crippen LogP contribution < -0.4 is 14.8 Å². The summed E-state index contributed by atoms with van der Waals surface area (Å²) in [7, 11) is 1.48. The van der Waals surface area contributed by atoms with Gasteiger partial charge < -0.3 is 9.47 Å². The number of hydrogen-bond donors (Lipinski definition) is 1. The Labute approximate surface area is 166 Å². The number of thioether (sulfide) groups is 1. The number of esters is 1. The molecule has 0 spiro atoms. The first kappa shape index (κ1) is 19.7. The lowest BCUT2D eigenvalue weighted by Crippen LogP contribution is -2.33. The number of rotatable bonds is 5. The molecule has 1 aliphatic heterocycles. The van der Waals surface area contributed by atoms with Crippen LogP contribution in [-0.2, 0) is 15.0 Å². The third-order valence-electron chi connectivity index (χ3n) is 4.34. The maximum Gasteiger partial charge on any atom is 0.321 e. The number of hydrogen-bond acceptors (Lipinski definition) is 6. The lowest BCUT2D eigenvalue weighted by molar-refractivity contribution is -0.139. The quantitative estimate of drug-likeness (QED) is 0.468. The summed E-state index contributed by atoms with van der Waals surface area (Å²) in [6.07, 6.45) is 1.56. The molecule has 1 N–H and O–H groups in total. The number of imide groups is 1. The molecule has 2 aromatic rings. The van der Waals surface area contributed by atoms with Gasteiger partial charge in [-0.15, -0.1) is 0 Å². The van der Waals surface area contributed by atoms with E-state index >= 15 is 0 Å². The number of benzene rings is 2. The third-order valence-corrected chi connectivity index (χ3v) is 5.15. The smallest absolute Gasteiger partial charge is 0.321 e. The highest BCUT2D eigenvalue weighted by atomic mass is 32.2. The summed E-state index contributed by atoms with van der Waals surface area (Å²) in [6, 6.07) is 14.3. The molecule has 0 saturated carbocycles. The lowest BCUT2D eigenvalue weighted by atomic mass is 9.85. The van der Waals surface area contributed by atoms with Gasteiger partial charge in [-0.1, -0.05) is 36.4 Å². The molecule has 0 radical (unpaired) electrons. The number of ether oxygens (including phenoxy) is 2. The van der Waals surface area contributed by atoms with Crippen LogP contribution in [0.2, 0.25) is 0 Å². The standard InChI is InChI=1S/C21H19NO5S/c1-21(2,14-7-5-4-6-8-14)19(24)27-16-11-13(9-10-15(16)26-3)12-17-18(23)22-20(25)28-17/h4-12H,1-3H3,(H,22,23,25)/b17-12-. The third kappa shape index (κ3) is 4.09. The number of nitrogens with one attached hydrogen (secondary N) is 1. The largest absolute Gasteiger partial charge is 0.493 e. The van der Waals surface area contributed by atoms with Gasteiger partial charge in [0.1, 0.15) is 0 Å². The Morgan fingerprint density at radius 2 is 1.79 bits per heavy atom. The average Bonchev–Trinajstić information content (AvgIpc) is 2.99. The molecule has 0 atom stereocenters. The van der Waals surface area contributed by atoms with Gasteiger partial charge in [0.05, 0.1) is 17.4 Å². The molecule has 1 saturated heterocycles. The molecule has 3 rings (SSSR count). The predicted molar refractivity (Wildman–Crippen MR) is 107 cm³/mol. The summed E-state index contributed by atoms with van der Waals surface area (Å²) in [5.41, 5.74) is 0.567. The molecule has 1 heterocycles. The molecule has 0 unspecified atom stereocenters. The van der Waals surface area contributed by atoms with E-state index in [0.717, 1.165) is 17.3 Å². The minimum absolute atomic E-state index is 0.237. The average molecular weight is 397 g/mol. The second kappa shape index (κ2) is 7.90. The fourth-order valence-corrected chi connectivity index (χ4v) is 3.32. The zero-order valence-corrected chi connectivity index (χ0v) is 16.5. The van der Waals surface area contributed by atoms with Crippen molar-refractivity contribution in [3.05, 3.63) is 64.6 Å². The van der Waals surface area contributed by atoms with E-state index in [9.17, 15) is 14.4 Å². The minimum Gasteiger partial charge on any atom is -0.493 e. The molecule has 6 nitrogen and oxygen atoms in total. The predicted octanol–water partition coefficient (Wildman–Crippen LogP) is 3.90. The Kier molecular flexibility index (Phi) is 5.56. The minimum atomic E-state index is -0.867. The van der Waals surface area contributed by atoms with Gasteiger partial charge in [-0.2, -0.15) is 0 Å². The molecule has 144 valence electrons. The van der Waals surface area contributed by atoms with Crippen molar-refractivity contribution in [1.82, 2.24) is 5.32 Å². The van der Waals surface area contributed by atoms with Crippen LogP contribution in [0.4, 0.5) is 4.79 Å². The van der Waals surface area contributed by atoms with Gasteiger partial charge >= 0.3 is 5.97 Å². The molecule has 1 fully saturated rings. The molecular weight excluding hydrogens is 378 g/mol. The van der Waals surface area contributed by atoms with Gasteiger partial charge in [-0.3, -0.25) is 19.7 Å². The molecule has 0 bridgehead atoms. The van der Waals surface area contributed by atoms with E-state index in [-0.39, 0.29) is 10.7 Å². The summed E-state index contributed by atoms with van der Waals surface area (Å²) < 4.78 is 10.9. The molecule has 0 aromatic heterocycles. The number of carbonyl (C=O) groups is 3. The first-order valence-corrected chi connectivity index (χ1v) is 9.33. The highest BCUT2D eigenvalue weighted by Gasteiger charge is 2.32. The molecule has 1 aliphatic rings. The summed E-state index contributed by atoms with van der Waals surface area (Å²) >= 11 is 0.822. The Morgan fingerprint density at radius 3 is 2.39 bits per heavy atom. The van der Waals surface area contributed by atoms with Gasteiger partial charge in [0.2, 0.25) is 0 Å². The number of methoxy groups -OCH3 is 1. The van der Waals surface area contributed by atoms with Crippen molar-refractivity contribution in [3.63, 3.8) is 0 Å². The maximum absolute atomic E-state index is 12.8. The van der Waals surface area contributed by atoms with Crippen LogP contribution in [0.25, 0.3) is 6.08 Å². The Hall–Kier alpha value is -3.06. The van der Waals surface area contributed by atoms with E-state index in [1.54, 1.807) is 38.1 Å². The van der Waals surface area contributed by atoms with Crippen LogP contribution in [0, 0.1) is 0 Å². The Balaban J connectivity index is 1.89. The molecule has 28 heavy (non-hydrogen) atoms. The van der Waals surface area contributed by atoms with E-state index in [0.29, 0.717) is 11.3 Å². The highest BCUT2D eigenvalue weighted by Crippen LogP contribution is 2.33. The van der Waals surface area contributed by atoms with Crippen molar-refractivity contribution in [2.45, 2.75) is 19.3 Å². The van der Waals surface area contributed by atoms with E-state index in [2.05, 4.69) is 5.32 Å². The number of carbonyl (C=O) groups excluding carboxylic acids is 3. The van der Waals surface area contributed by atoms with Crippen molar-refractivity contribution < 1.29 is 23.9 Å². The van der Waals surface area contributed by atoms with Crippen LogP contribution in [0.5, 0.6) is 11.5 Å². The zero-order chi connectivity index (χ0) is 20.3. The summed E-state index contributed by atoms with van der Waals surface area (Å²) in [6.45, 7) is 3.57. The normalized spacial score (nSPS) is 15.5. The second-order valence-electron chi connectivity index (χ2n) is 6.64. The highest BCUT2D eigenvalue weighted by molar-refractivity contribution is 8.18. The Morgan fingerprint density at radius 1 is 1.07 bits per heavy atom. The summed E-state index contributed by atoms with van der Waals surface area (Å²) in [4.78, 5) is 36.2. The van der Waals surface area contributed by atoms with Crippen LogP contribution in [-0.4, -0.2) is 24.2 Å². The zero-order valence-electron chi connectivity index (χ0n) is 15.6. The first-order valence-electron chi connectivity index (χ1n) is 8.52. The monoisotopic (exact) mass is 397 g/mol. The fourth-order valence-electron chi connectivity index (χ4n) is 2.64. The maximum atomic E-state index is 12.8. The topological polar surface area (TPSA) is 81.7 Å². The molecule has 7 heteroatoms. The van der Waals surface area contributed by atoms with Gasteiger partial charge in [0.15, 0.2) is 11.5 Å². The SMILES string of the molecule is COc1ccc(/C=C2\SC(=O)NC2=O)cc1OC(=O)C(C)(C)c1ccccc1. The molecular formula is C21H19NO5S. The van der Waals surface area contributed by atoms with E-state index in [4.69, 9.17) is 9.47 Å².